The van der Waals surface area contributed by atoms with E-state index in [-0.39, 0.29) is 11.8 Å². The topological polar surface area (TPSA) is 54.0 Å². The van der Waals surface area contributed by atoms with Crippen LogP contribution in [0.5, 0.6) is 0 Å². The van der Waals surface area contributed by atoms with Crippen molar-refractivity contribution in [2.24, 2.45) is 0 Å². The number of urea groups is 1. The molecule has 0 aliphatic rings. The van der Waals surface area contributed by atoms with Gasteiger partial charge in [-0.2, -0.15) is 13.2 Å². The minimum atomic E-state index is -4.49. The zero-order chi connectivity index (χ0) is 18.6. The molecule has 2 aromatic carbocycles. The van der Waals surface area contributed by atoms with Crippen LogP contribution in [-0.4, -0.2) is 16.5 Å². The predicted octanol–water partition coefficient (Wildman–Crippen LogP) is 5.31. The number of nitrogens with zero attached hydrogens (tertiary/aromatic N) is 1. The van der Waals surface area contributed by atoms with Crippen LogP contribution in [0.3, 0.4) is 0 Å². The van der Waals surface area contributed by atoms with Gasteiger partial charge in [0.05, 0.1) is 5.69 Å². The smallest absolute Gasteiger partial charge is 0.322 e. The molecule has 4 nitrogen and oxygen atoms in total. The third-order valence-electron chi connectivity index (χ3n) is 3.54. The number of fused-ring (bicyclic) bond motifs is 1. The molecule has 1 atom stereocenters. The molecule has 0 bridgehead atoms. The van der Waals surface area contributed by atoms with Gasteiger partial charge in [-0.1, -0.05) is 42.5 Å². The number of thioether (sulfide) groups is 1. The number of benzene rings is 2. The Morgan fingerprint density at radius 2 is 1.81 bits per heavy atom. The minimum absolute atomic E-state index is 0.284. The number of alkyl halides is 3. The Hall–Kier alpha value is -2.74. The Bertz CT molecular complexity index is 898. The molecule has 134 valence electrons. The lowest BCUT2D eigenvalue weighted by Crippen LogP contribution is -2.32. The minimum Gasteiger partial charge on any atom is -0.322 e. The Morgan fingerprint density at radius 3 is 2.54 bits per heavy atom. The maximum absolute atomic E-state index is 12.9. The lowest BCUT2D eigenvalue weighted by molar-refractivity contribution is -0.0335. The average molecular weight is 377 g/mol. The molecular formula is C18H14F3N3OS. The first kappa shape index (κ1) is 18.1. The van der Waals surface area contributed by atoms with Crippen molar-refractivity contribution in [1.29, 1.82) is 0 Å². The zero-order valence-corrected chi connectivity index (χ0v) is 14.1. The summed E-state index contributed by atoms with van der Waals surface area (Å²) in [6.07, 6.45) is 3.22. The molecule has 2 amide bonds. The fraction of sp³-hybridized carbons (Fsp3) is 0.111. The number of rotatable bonds is 4. The van der Waals surface area contributed by atoms with E-state index in [1.807, 2.05) is 6.07 Å². The van der Waals surface area contributed by atoms with Crippen LogP contribution in [-0.2, 0) is 0 Å². The number of carbonyl (C=O) groups is 1. The van der Waals surface area contributed by atoms with E-state index in [2.05, 4.69) is 15.6 Å². The van der Waals surface area contributed by atoms with Crippen LogP contribution in [0.2, 0.25) is 0 Å². The lowest BCUT2D eigenvalue weighted by Gasteiger charge is -2.20. The number of hydrogen-bond acceptors (Lipinski definition) is 3. The van der Waals surface area contributed by atoms with Crippen LogP contribution in [0.15, 0.2) is 67.0 Å². The Morgan fingerprint density at radius 1 is 1.04 bits per heavy atom. The van der Waals surface area contributed by atoms with Crippen LogP contribution in [0.25, 0.3) is 10.8 Å². The summed E-state index contributed by atoms with van der Waals surface area (Å²) in [6.45, 7) is 0. The summed E-state index contributed by atoms with van der Waals surface area (Å²) >= 11 is -0.284. The lowest BCUT2D eigenvalue weighted by atomic mass is 10.1. The molecule has 0 fully saturated rings. The summed E-state index contributed by atoms with van der Waals surface area (Å²) < 4.78 is 38.6. The van der Waals surface area contributed by atoms with Crippen molar-refractivity contribution >= 4 is 34.3 Å². The molecule has 0 aliphatic heterocycles. The maximum atomic E-state index is 12.9. The standard InChI is InChI=1S/C18H14F3N3OS/c19-18(20,21)26-16(12-5-2-1-3-6-12)24-17(25)23-15-8-4-7-13-11-22-10-9-14(13)15/h1-11,16H,(H2,23,24,25). The number of hydrogen-bond donors (Lipinski definition) is 2. The van der Waals surface area contributed by atoms with E-state index in [0.717, 1.165) is 10.8 Å². The summed E-state index contributed by atoms with van der Waals surface area (Å²) in [5, 5.41) is 5.30. The molecule has 1 unspecified atom stereocenters. The molecule has 26 heavy (non-hydrogen) atoms. The van der Waals surface area contributed by atoms with E-state index in [0.29, 0.717) is 11.3 Å². The average Bonchev–Trinajstić information content (AvgIpc) is 2.61. The van der Waals surface area contributed by atoms with Gasteiger partial charge in [0.25, 0.3) is 0 Å². The molecule has 1 heterocycles. The van der Waals surface area contributed by atoms with Crippen molar-refractivity contribution in [3.05, 3.63) is 72.6 Å². The highest BCUT2D eigenvalue weighted by Gasteiger charge is 2.34. The monoisotopic (exact) mass is 377 g/mol. The van der Waals surface area contributed by atoms with Crippen molar-refractivity contribution in [2.45, 2.75) is 10.9 Å². The van der Waals surface area contributed by atoms with E-state index >= 15 is 0 Å². The summed E-state index contributed by atoms with van der Waals surface area (Å²) in [4.78, 5) is 16.3. The number of nitrogens with one attached hydrogen (secondary N) is 2. The van der Waals surface area contributed by atoms with E-state index in [4.69, 9.17) is 0 Å². The highest BCUT2D eigenvalue weighted by Crippen LogP contribution is 2.40. The third-order valence-corrected chi connectivity index (χ3v) is 4.44. The number of amides is 2. The molecular weight excluding hydrogens is 363 g/mol. The van der Waals surface area contributed by atoms with Gasteiger partial charge in [-0.15, -0.1) is 0 Å². The molecule has 3 rings (SSSR count). The van der Waals surface area contributed by atoms with Crippen LogP contribution in [0, 0.1) is 0 Å². The van der Waals surface area contributed by atoms with Gasteiger partial charge in [-0.3, -0.25) is 4.98 Å². The number of anilines is 1. The van der Waals surface area contributed by atoms with E-state index in [9.17, 15) is 18.0 Å². The first-order valence-corrected chi connectivity index (χ1v) is 8.50. The quantitative estimate of drug-likeness (QED) is 0.606. The van der Waals surface area contributed by atoms with Crippen LogP contribution in [0.1, 0.15) is 10.9 Å². The SMILES string of the molecule is O=C(Nc1cccc2cnccc12)NC(SC(F)(F)F)c1ccccc1. The first-order valence-electron chi connectivity index (χ1n) is 7.62. The molecule has 0 saturated heterocycles. The van der Waals surface area contributed by atoms with Gasteiger partial charge in [0.2, 0.25) is 0 Å². The van der Waals surface area contributed by atoms with Crippen molar-refractivity contribution < 1.29 is 18.0 Å². The Kier molecular flexibility index (Phi) is 5.32. The summed E-state index contributed by atoms with van der Waals surface area (Å²) in [7, 11) is 0. The Labute approximate surface area is 151 Å². The highest BCUT2D eigenvalue weighted by molar-refractivity contribution is 8.00. The van der Waals surface area contributed by atoms with E-state index < -0.39 is 16.9 Å². The highest BCUT2D eigenvalue weighted by atomic mass is 32.2. The normalized spacial score (nSPS) is 12.6. The van der Waals surface area contributed by atoms with Gasteiger partial charge in [0, 0.05) is 23.2 Å². The Balaban J connectivity index is 1.79. The fourth-order valence-electron chi connectivity index (χ4n) is 2.45. The number of pyridine rings is 1. The number of aromatic nitrogens is 1. The summed E-state index contributed by atoms with van der Waals surface area (Å²) in [5.41, 5.74) is -3.64. The first-order chi connectivity index (χ1) is 12.4. The van der Waals surface area contributed by atoms with Crippen LogP contribution >= 0.6 is 11.8 Å². The van der Waals surface area contributed by atoms with Gasteiger partial charge in [0.1, 0.15) is 5.37 Å². The number of halogens is 3. The summed E-state index contributed by atoms with van der Waals surface area (Å²) in [6, 6.07) is 14.3. The van der Waals surface area contributed by atoms with Gasteiger partial charge in [0.15, 0.2) is 0 Å². The zero-order valence-electron chi connectivity index (χ0n) is 13.3. The van der Waals surface area contributed by atoms with Crippen molar-refractivity contribution in [3.63, 3.8) is 0 Å². The molecule has 8 heteroatoms. The second-order valence-corrected chi connectivity index (χ2v) is 6.53. The van der Waals surface area contributed by atoms with Crippen molar-refractivity contribution in [2.75, 3.05) is 5.32 Å². The molecule has 0 saturated carbocycles. The molecule has 2 N–H and O–H groups in total. The van der Waals surface area contributed by atoms with Crippen LogP contribution < -0.4 is 10.6 Å². The molecule has 0 aliphatic carbocycles. The third kappa shape index (κ3) is 4.66. The van der Waals surface area contributed by atoms with Crippen LogP contribution in [0.4, 0.5) is 23.7 Å². The molecule has 1 aromatic heterocycles. The maximum Gasteiger partial charge on any atom is 0.444 e. The van der Waals surface area contributed by atoms with Gasteiger partial charge in [-0.05, 0) is 29.5 Å². The van der Waals surface area contributed by atoms with Gasteiger partial charge < -0.3 is 10.6 Å². The van der Waals surface area contributed by atoms with Crippen molar-refractivity contribution in [1.82, 2.24) is 10.3 Å². The predicted molar refractivity (Wildman–Crippen MR) is 96.7 cm³/mol. The number of carbonyl (C=O) groups excluding carboxylic acids is 1. The largest absolute Gasteiger partial charge is 0.444 e. The second-order valence-electron chi connectivity index (χ2n) is 5.36. The summed E-state index contributed by atoms with van der Waals surface area (Å²) in [5.74, 6) is 0. The fourth-order valence-corrected chi connectivity index (χ4v) is 3.18. The van der Waals surface area contributed by atoms with Gasteiger partial charge >= 0.3 is 11.5 Å². The van der Waals surface area contributed by atoms with E-state index in [1.165, 1.54) is 12.1 Å². The molecule has 0 radical (unpaired) electrons. The second kappa shape index (κ2) is 7.65. The molecule has 0 spiro atoms. The van der Waals surface area contributed by atoms with E-state index in [1.54, 1.807) is 48.8 Å². The van der Waals surface area contributed by atoms with Crippen molar-refractivity contribution in [3.8, 4) is 0 Å². The molecule has 3 aromatic rings. The van der Waals surface area contributed by atoms with Gasteiger partial charge in [-0.25, -0.2) is 4.79 Å².